The molecule has 27 heavy (non-hydrogen) atoms. The van der Waals surface area contributed by atoms with Gasteiger partial charge in [-0.25, -0.2) is 4.79 Å². The van der Waals surface area contributed by atoms with Crippen molar-refractivity contribution in [2.24, 2.45) is 0 Å². The van der Waals surface area contributed by atoms with Gasteiger partial charge in [0.2, 0.25) is 0 Å². The summed E-state index contributed by atoms with van der Waals surface area (Å²) < 4.78 is 16.2. The molecule has 0 unspecified atom stereocenters. The lowest BCUT2D eigenvalue weighted by Gasteiger charge is -2.15. The standard InChI is InChI=1S/C20H26ClNO4Si/c1-27(2,3)12-11-24-15-26-17-9-10-19(18(21)13-17)22-20(23)25-14-16-7-5-4-6-8-16/h4-10,13H,11-12,14-15H2,1-3H3,(H,22,23). The van der Waals surface area contributed by atoms with Gasteiger partial charge in [0.15, 0.2) is 6.79 Å². The predicted octanol–water partition coefficient (Wildman–Crippen LogP) is 5.78. The highest BCUT2D eigenvalue weighted by molar-refractivity contribution is 6.76. The summed E-state index contributed by atoms with van der Waals surface area (Å²) in [4.78, 5) is 11.9. The van der Waals surface area contributed by atoms with Crippen LogP contribution in [0, 0.1) is 0 Å². The van der Waals surface area contributed by atoms with E-state index in [9.17, 15) is 4.79 Å². The molecule has 146 valence electrons. The van der Waals surface area contributed by atoms with Crippen LogP contribution in [-0.2, 0) is 16.1 Å². The molecule has 0 saturated carbocycles. The number of carbonyl (C=O) groups is 1. The molecule has 2 aromatic carbocycles. The Kier molecular flexibility index (Phi) is 8.15. The van der Waals surface area contributed by atoms with Crippen LogP contribution in [0.4, 0.5) is 10.5 Å². The number of rotatable bonds is 9. The topological polar surface area (TPSA) is 56.8 Å². The Balaban J connectivity index is 1.75. The second-order valence-electron chi connectivity index (χ2n) is 7.31. The third-order valence-electron chi connectivity index (χ3n) is 3.70. The van der Waals surface area contributed by atoms with Crippen molar-refractivity contribution in [3.8, 4) is 5.75 Å². The van der Waals surface area contributed by atoms with E-state index in [4.69, 9.17) is 25.8 Å². The van der Waals surface area contributed by atoms with Crippen molar-refractivity contribution in [3.05, 3.63) is 59.1 Å². The van der Waals surface area contributed by atoms with Gasteiger partial charge >= 0.3 is 6.09 Å². The number of hydrogen-bond acceptors (Lipinski definition) is 4. The van der Waals surface area contributed by atoms with Crippen LogP contribution in [0.15, 0.2) is 48.5 Å². The third-order valence-corrected chi connectivity index (χ3v) is 5.71. The first-order valence-corrected chi connectivity index (χ1v) is 12.9. The fraction of sp³-hybridized carbons (Fsp3) is 0.350. The molecule has 0 atom stereocenters. The molecule has 0 aliphatic carbocycles. The molecule has 0 spiro atoms. The van der Waals surface area contributed by atoms with Gasteiger partial charge in [-0.2, -0.15) is 0 Å². The van der Waals surface area contributed by atoms with Crippen molar-refractivity contribution in [2.75, 3.05) is 18.7 Å². The van der Waals surface area contributed by atoms with Crippen LogP contribution in [0.1, 0.15) is 5.56 Å². The molecule has 0 saturated heterocycles. The van der Waals surface area contributed by atoms with E-state index in [0.717, 1.165) is 11.6 Å². The summed E-state index contributed by atoms with van der Waals surface area (Å²) in [5.74, 6) is 0.580. The molecule has 0 aromatic heterocycles. The van der Waals surface area contributed by atoms with Crippen molar-refractivity contribution in [2.45, 2.75) is 32.3 Å². The van der Waals surface area contributed by atoms with Crippen LogP contribution < -0.4 is 10.1 Å². The van der Waals surface area contributed by atoms with E-state index in [1.807, 2.05) is 30.3 Å². The maximum atomic E-state index is 11.9. The smallest absolute Gasteiger partial charge is 0.412 e. The van der Waals surface area contributed by atoms with Crippen molar-refractivity contribution < 1.29 is 19.0 Å². The number of amides is 1. The molecular weight excluding hydrogens is 382 g/mol. The molecule has 1 amide bonds. The van der Waals surface area contributed by atoms with Gasteiger partial charge in [0.25, 0.3) is 0 Å². The van der Waals surface area contributed by atoms with Gasteiger partial charge in [-0.3, -0.25) is 5.32 Å². The summed E-state index contributed by atoms with van der Waals surface area (Å²) in [6, 6.07) is 15.6. The lowest BCUT2D eigenvalue weighted by atomic mass is 10.2. The number of ether oxygens (including phenoxy) is 3. The summed E-state index contributed by atoms with van der Waals surface area (Å²) in [5.41, 5.74) is 1.37. The van der Waals surface area contributed by atoms with Gasteiger partial charge in [-0.1, -0.05) is 61.6 Å². The van der Waals surface area contributed by atoms with Crippen LogP contribution in [-0.4, -0.2) is 27.6 Å². The average Bonchev–Trinajstić information content (AvgIpc) is 2.62. The van der Waals surface area contributed by atoms with Crippen molar-refractivity contribution in [1.29, 1.82) is 0 Å². The third kappa shape index (κ3) is 8.47. The van der Waals surface area contributed by atoms with Gasteiger partial charge in [-0.05, 0) is 23.7 Å². The molecule has 0 aliphatic rings. The molecule has 0 aliphatic heterocycles. The second-order valence-corrected chi connectivity index (χ2v) is 13.3. The highest BCUT2D eigenvalue weighted by atomic mass is 35.5. The van der Waals surface area contributed by atoms with E-state index < -0.39 is 14.2 Å². The van der Waals surface area contributed by atoms with Crippen LogP contribution in [0.5, 0.6) is 5.75 Å². The van der Waals surface area contributed by atoms with Gasteiger partial charge < -0.3 is 14.2 Å². The molecule has 2 rings (SSSR count). The monoisotopic (exact) mass is 407 g/mol. The zero-order chi connectivity index (χ0) is 19.7. The molecule has 5 nitrogen and oxygen atoms in total. The summed E-state index contributed by atoms with van der Waals surface area (Å²) in [5, 5.41) is 2.99. The van der Waals surface area contributed by atoms with E-state index in [-0.39, 0.29) is 13.4 Å². The Bertz CT molecular complexity index is 735. The van der Waals surface area contributed by atoms with E-state index in [1.54, 1.807) is 18.2 Å². The Morgan fingerprint density at radius 2 is 1.85 bits per heavy atom. The molecule has 1 N–H and O–H groups in total. The van der Waals surface area contributed by atoms with Crippen molar-refractivity contribution >= 4 is 31.5 Å². The Morgan fingerprint density at radius 1 is 1.11 bits per heavy atom. The van der Waals surface area contributed by atoms with Crippen LogP contribution in [0.2, 0.25) is 30.7 Å². The number of anilines is 1. The lowest BCUT2D eigenvalue weighted by molar-refractivity contribution is 0.0220. The zero-order valence-corrected chi connectivity index (χ0v) is 17.7. The maximum Gasteiger partial charge on any atom is 0.412 e. The molecule has 2 aromatic rings. The fourth-order valence-electron chi connectivity index (χ4n) is 2.10. The van der Waals surface area contributed by atoms with Crippen LogP contribution in [0.25, 0.3) is 0 Å². The zero-order valence-electron chi connectivity index (χ0n) is 16.0. The first kappa shape index (κ1) is 21.3. The average molecular weight is 408 g/mol. The highest BCUT2D eigenvalue weighted by Crippen LogP contribution is 2.27. The number of halogens is 1. The van der Waals surface area contributed by atoms with E-state index in [1.165, 1.54) is 0 Å². The van der Waals surface area contributed by atoms with Gasteiger partial charge in [0.1, 0.15) is 12.4 Å². The molecule has 0 radical (unpaired) electrons. The van der Waals surface area contributed by atoms with Crippen molar-refractivity contribution in [3.63, 3.8) is 0 Å². The minimum Gasteiger partial charge on any atom is -0.468 e. The minimum atomic E-state index is -1.10. The number of benzene rings is 2. The van der Waals surface area contributed by atoms with Crippen LogP contribution >= 0.6 is 11.6 Å². The first-order valence-electron chi connectivity index (χ1n) is 8.81. The molecule has 7 heteroatoms. The molecule has 0 fully saturated rings. The quantitative estimate of drug-likeness (QED) is 0.325. The lowest BCUT2D eigenvalue weighted by Crippen LogP contribution is -2.22. The van der Waals surface area contributed by atoms with Gasteiger partial charge in [0, 0.05) is 20.7 Å². The molecule has 0 bridgehead atoms. The maximum absolute atomic E-state index is 11.9. The molecule has 0 heterocycles. The Hall–Kier alpha value is -2.02. The second kappa shape index (κ2) is 10.3. The predicted molar refractivity (Wildman–Crippen MR) is 111 cm³/mol. The normalized spacial score (nSPS) is 11.1. The van der Waals surface area contributed by atoms with Crippen molar-refractivity contribution in [1.82, 2.24) is 0 Å². The number of hydrogen-bond donors (Lipinski definition) is 1. The number of nitrogens with one attached hydrogen (secondary N) is 1. The Labute approximate surface area is 166 Å². The summed E-state index contributed by atoms with van der Waals surface area (Å²) >= 11 is 6.21. The summed E-state index contributed by atoms with van der Waals surface area (Å²) in [6.45, 7) is 7.96. The summed E-state index contributed by atoms with van der Waals surface area (Å²) in [7, 11) is -1.10. The summed E-state index contributed by atoms with van der Waals surface area (Å²) in [6.07, 6.45) is -0.566. The van der Waals surface area contributed by atoms with E-state index in [0.29, 0.717) is 23.1 Å². The number of carbonyl (C=O) groups excluding carboxylic acids is 1. The van der Waals surface area contributed by atoms with Crippen LogP contribution in [0.3, 0.4) is 0 Å². The fourth-order valence-corrected chi connectivity index (χ4v) is 3.08. The largest absolute Gasteiger partial charge is 0.468 e. The Morgan fingerprint density at radius 3 is 2.52 bits per heavy atom. The van der Waals surface area contributed by atoms with E-state index in [2.05, 4.69) is 25.0 Å². The van der Waals surface area contributed by atoms with Gasteiger partial charge in [0.05, 0.1) is 10.7 Å². The SMILES string of the molecule is C[Si](C)(C)CCOCOc1ccc(NC(=O)OCc2ccccc2)c(Cl)c1. The van der Waals surface area contributed by atoms with E-state index >= 15 is 0 Å². The first-order chi connectivity index (χ1) is 12.8. The molecular formula is C20H26ClNO4Si. The minimum absolute atomic E-state index is 0.173. The highest BCUT2D eigenvalue weighted by Gasteiger charge is 2.12. The van der Waals surface area contributed by atoms with Gasteiger partial charge in [-0.15, -0.1) is 0 Å².